The number of hydrogen-bond donors (Lipinski definition) is 2. The average Bonchev–Trinajstić information content (AvgIpc) is 2.40. The lowest BCUT2D eigenvalue weighted by molar-refractivity contribution is 0.0698. The molecule has 19 heavy (non-hydrogen) atoms. The van der Waals surface area contributed by atoms with Crippen molar-refractivity contribution in [3.63, 3.8) is 0 Å². The van der Waals surface area contributed by atoms with Crippen molar-refractivity contribution in [2.75, 3.05) is 5.32 Å². The van der Waals surface area contributed by atoms with E-state index in [1.807, 2.05) is 30.3 Å². The van der Waals surface area contributed by atoms with E-state index in [2.05, 4.69) is 5.32 Å². The number of rotatable bonds is 4. The Morgan fingerprint density at radius 1 is 1.05 bits per heavy atom. The number of carbonyl (C=O) groups is 1. The number of carboxylic acids is 1. The fourth-order valence-corrected chi connectivity index (χ4v) is 2.03. The molecule has 0 fully saturated rings. The first-order chi connectivity index (χ1) is 9.16. The highest BCUT2D eigenvalue weighted by Crippen LogP contribution is 2.15. The first-order valence-electron chi connectivity index (χ1n) is 5.83. The van der Waals surface area contributed by atoms with Crippen molar-refractivity contribution in [2.24, 2.45) is 0 Å². The molecule has 0 saturated heterocycles. The standard InChI is InChI=1S/C15H13NO2S/c17-15(18)12-8-4-5-9-13(12)16-14(19)10-11-6-2-1-3-7-11/h1-9H,10H2,(H,16,19)(H,17,18). The van der Waals surface area contributed by atoms with Gasteiger partial charge in [-0.05, 0) is 17.7 Å². The summed E-state index contributed by atoms with van der Waals surface area (Å²) in [7, 11) is 0. The number of benzene rings is 2. The number of hydrogen-bond acceptors (Lipinski definition) is 2. The minimum atomic E-state index is -0.967. The average molecular weight is 271 g/mol. The number of para-hydroxylation sites is 1. The summed E-state index contributed by atoms with van der Waals surface area (Å²) in [6.07, 6.45) is 0.587. The highest BCUT2D eigenvalue weighted by atomic mass is 32.1. The molecule has 2 aromatic rings. The molecule has 2 aromatic carbocycles. The van der Waals surface area contributed by atoms with E-state index in [-0.39, 0.29) is 5.56 Å². The Hall–Kier alpha value is -2.20. The van der Waals surface area contributed by atoms with Crippen LogP contribution in [0.15, 0.2) is 54.6 Å². The smallest absolute Gasteiger partial charge is 0.337 e. The monoisotopic (exact) mass is 271 g/mol. The number of aromatic carboxylic acids is 1. The fraction of sp³-hybridized carbons (Fsp3) is 0.0667. The van der Waals surface area contributed by atoms with Crippen LogP contribution in [0.1, 0.15) is 15.9 Å². The van der Waals surface area contributed by atoms with Crippen LogP contribution < -0.4 is 5.32 Å². The molecular weight excluding hydrogens is 258 g/mol. The van der Waals surface area contributed by atoms with Gasteiger partial charge in [0, 0.05) is 6.42 Å². The Bertz CT molecular complexity index is 596. The Balaban J connectivity index is 2.09. The molecule has 0 heterocycles. The van der Waals surface area contributed by atoms with Crippen molar-refractivity contribution < 1.29 is 9.90 Å². The maximum atomic E-state index is 11.1. The van der Waals surface area contributed by atoms with E-state index in [4.69, 9.17) is 17.3 Å². The van der Waals surface area contributed by atoms with Crippen molar-refractivity contribution in [3.05, 3.63) is 65.7 Å². The van der Waals surface area contributed by atoms with Crippen molar-refractivity contribution >= 4 is 28.9 Å². The molecule has 0 aromatic heterocycles. The van der Waals surface area contributed by atoms with Gasteiger partial charge < -0.3 is 10.4 Å². The van der Waals surface area contributed by atoms with Crippen LogP contribution in [0, 0.1) is 0 Å². The molecule has 0 aliphatic heterocycles. The summed E-state index contributed by atoms with van der Waals surface area (Å²) in [4.78, 5) is 11.7. The van der Waals surface area contributed by atoms with E-state index in [0.29, 0.717) is 17.1 Å². The van der Waals surface area contributed by atoms with Crippen LogP contribution in [0.3, 0.4) is 0 Å². The summed E-state index contributed by atoms with van der Waals surface area (Å²) < 4.78 is 0. The van der Waals surface area contributed by atoms with Crippen LogP contribution in [0.2, 0.25) is 0 Å². The van der Waals surface area contributed by atoms with Crippen LogP contribution in [0.4, 0.5) is 5.69 Å². The topological polar surface area (TPSA) is 49.3 Å². The number of anilines is 1. The lowest BCUT2D eigenvalue weighted by Crippen LogP contribution is -2.14. The molecule has 0 bridgehead atoms. The molecule has 0 saturated carbocycles. The second-order valence-electron chi connectivity index (χ2n) is 4.06. The molecule has 4 heteroatoms. The molecule has 0 aliphatic carbocycles. The third-order valence-electron chi connectivity index (χ3n) is 2.64. The summed E-state index contributed by atoms with van der Waals surface area (Å²) in [6, 6.07) is 16.5. The molecule has 0 spiro atoms. The minimum absolute atomic E-state index is 0.220. The Labute approximate surface area is 116 Å². The van der Waals surface area contributed by atoms with E-state index in [0.717, 1.165) is 5.56 Å². The van der Waals surface area contributed by atoms with E-state index in [1.165, 1.54) is 0 Å². The van der Waals surface area contributed by atoms with Gasteiger partial charge in [0.25, 0.3) is 0 Å². The molecule has 96 valence electrons. The second kappa shape index (κ2) is 6.11. The van der Waals surface area contributed by atoms with Crippen molar-refractivity contribution in [1.29, 1.82) is 0 Å². The molecule has 0 aliphatic rings. The molecule has 0 amide bonds. The van der Waals surface area contributed by atoms with Gasteiger partial charge in [0.05, 0.1) is 16.2 Å². The summed E-state index contributed by atoms with van der Waals surface area (Å²) in [6.45, 7) is 0. The molecule has 0 unspecified atom stereocenters. The SMILES string of the molecule is O=C(O)c1ccccc1NC(=S)Cc1ccccc1. The maximum Gasteiger partial charge on any atom is 0.337 e. The van der Waals surface area contributed by atoms with Crippen molar-refractivity contribution in [1.82, 2.24) is 0 Å². The molecule has 2 N–H and O–H groups in total. The van der Waals surface area contributed by atoms with Gasteiger partial charge >= 0.3 is 5.97 Å². The van der Waals surface area contributed by atoms with Crippen LogP contribution in [-0.2, 0) is 6.42 Å². The molecule has 2 rings (SSSR count). The van der Waals surface area contributed by atoms with Crippen molar-refractivity contribution in [3.8, 4) is 0 Å². The van der Waals surface area contributed by atoms with Crippen LogP contribution >= 0.6 is 12.2 Å². The van der Waals surface area contributed by atoms with Gasteiger partial charge in [-0.1, -0.05) is 54.7 Å². The van der Waals surface area contributed by atoms with Gasteiger partial charge in [-0.25, -0.2) is 4.79 Å². The zero-order chi connectivity index (χ0) is 13.7. The fourth-order valence-electron chi connectivity index (χ4n) is 1.75. The quantitative estimate of drug-likeness (QED) is 0.837. The summed E-state index contributed by atoms with van der Waals surface area (Å²) >= 11 is 5.26. The van der Waals surface area contributed by atoms with E-state index in [9.17, 15) is 4.79 Å². The van der Waals surface area contributed by atoms with Gasteiger partial charge in [0.15, 0.2) is 0 Å². The van der Waals surface area contributed by atoms with E-state index in [1.54, 1.807) is 24.3 Å². The lowest BCUT2D eigenvalue weighted by Gasteiger charge is -2.10. The highest BCUT2D eigenvalue weighted by Gasteiger charge is 2.09. The van der Waals surface area contributed by atoms with Crippen molar-refractivity contribution in [2.45, 2.75) is 6.42 Å². The third-order valence-corrected chi connectivity index (χ3v) is 2.89. The predicted molar refractivity (Wildman–Crippen MR) is 79.8 cm³/mol. The summed E-state index contributed by atoms with van der Waals surface area (Å²) in [5.41, 5.74) is 1.83. The zero-order valence-electron chi connectivity index (χ0n) is 10.2. The van der Waals surface area contributed by atoms with E-state index < -0.39 is 5.97 Å². The lowest BCUT2D eigenvalue weighted by atomic mass is 10.1. The molecule has 3 nitrogen and oxygen atoms in total. The molecular formula is C15H13NO2S. The minimum Gasteiger partial charge on any atom is -0.478 e. The van der Waals surface area contributed by atoms with Gasteiger partial charge in [-0.3, -0.25) is 0 Å². The van der Waals surface area contributed by atoms with Gasteiger partial charge in [-0.2, -0.15) is 0 Å². The molecule has 0 atom stereocenters. The van der Waals surface area contributed by atoms with Gasteiger partial charge in [0.1, 0.15) is 0 Å². The first-order valence-corrected chi connectivity index (χ1v) is 6.24. The number of nitrogens with one attached hydrogen (secondary N) is 1. The zero-order valence-corrected chi connectivity index (χ0v) is 11.0. The summed E-state index contributed by atoms with van der Waals surface area (Å²) in [5.74, 6) is -0.967. The Morgan fingerprint density at radius 2 is 1.68 bits per heavy atom. The van der Waals surface area contributed by atoms with Crippen LogP contribution in [0.5, 0.6) is 0 Å². The third kappa shape index (κ3) is 3.63. The van der Waals surface area contributed by atoms with Crippen LogP contribution in [-0.4, -0.2) is 16.1 Å². The van der Waals surface area contributed by atoms with Crippen LogP contribution in [0.25, 0.3) is 0 Å². The summed E-state index contributed by atoms with van der Waals surface area (Å²) in [5, 5.41) is 12.1. The Morgan fingerprint density at radius 3 is 2.37 bits per heavy atom. The largest absolute Gasteiger partial charge is 0.478 e. The predicted octanol–water partition coefficient (Wildman–Crippen LogP) is 3.37. The van der Waals surface area contributed by atoms with Gasteiger partial charge in [-0.15, -0.1) is 0 Å². The second-order valence-corrected chi connectivity index (χ2v) is 4.55. The normalized spacial score (nSPS) is 9.89. The molecule has 0 radical (unpaired) electrons. The van der Waals surface area contributed by atoms with Gasteiger partial charge in [0.2, 0.25) is 0 Å². The first kappa shape index (κ1) is 13.2. The van der Waals surface area contributed by atoms with E-state index >= 15 is 0 Å². The number of thiocarbonyl (C=S) groups is 1. The Kier molecular flexibility index (Phi) is 4.26. The number of carboxylic acid groups (broad SMARTS) is 1. The highest BCUT2D eigenvalue weighted by molar-refractivity contribution is 7.80. The maximum absolute atomic E-state index is 11.1.